The van der Waals surface area contributed by atoms with Gasteiger partial charge in [0.25, 0.3) is 0 Å². The van der Waals surface area contributed by atoms with Crippen LogP contribution in [0.2, 0.25) is 0 Å². The normalized spacial score (nSPS) is 13.5. The molecule has 0 aliphatic carbocycles. The van der Waals surface area contributed by atoms with Crippen LogP contribution >= 0.6 is 0 Å². The van der Waals surface area contributed by atoms with Gasteiger partial charge in [-0.2, -0.15) is 0 Å². The average Bonchev–Trinajstić information content (AvgIpc) is 2.96. The van der Waals surface area contributed by atoms with Gasteiger partial charge < -0.3 is 9.64 Å². The summed E-state index contributed by atoms with van der Waals surface area (Å²) in [4.78, 5) is 14.6. The fourth-order valence-electron chi connectivity index (χ4n) is 6.03. The van der Waals surface area contributed by atoms with Gasteiger partial charge in [0, 0.05) is 11.1 Å². The maximum atomic E-state index is 12.3. The van der Waals surface area contributed by atoms with Crippen molar-refractivity contribution in [1.82, 2.24) is 0 Å². The van der Waals surface area contributed by atoms with Crippen LogP contribution in [0.1, 0.15) is 47.8 Å². The van der Waals surface area contributed by atoms with Crippen molar-refractivity contribution in [1.29, 1.82) is 0 Å². The zero-order chi connectivity index (χ0) is 27.3. The number of esters is 1. The maximum Gasteiger partial charge on any atom is 0.337 e. The Morgan fingerprint density at radius 1 is 0.821 bits per heavy atom. The molecule has 0 atom stereocenters. The van der Waals surface area contributed by atoms with Crippen molar-refractivity contribution in [3.63, 3.8) is 0 Å². The number of nitrogens with zero attached hydrogens (tertiary/aromatic N) is 1. The van der Waals surface area contributed by atoms with E-state index in [0.717, 1.165) is 33.3 Å². The molecule has 0 fully saturated rings. The van der Waals surface area contributed by atoms with Crippen LogP contribution in [0.3, 0.4) is 0 Å². The van der Waals surface area contributed by atoms with Crippen LogP contribution in [0.25, 0.3) is 27.5 Å². The van der Waals surface area contributed by atoms with Crippen molar-refractivity contribution in [2.45, 2.75) is 26.2 Å². The van der Waals surface area contributed by atoms with Crippen LogP contribution in [0.5, 0.6) is 0 Å². The van der Waals surface area contributed by atoms with Crippen molar-refractivity contribution in [3.05, 3.63) is 132 Å². The van der Waals surface area contributed by atoms with Gasteiger partial charge in [-0.15, -0.1) is 0 Å². The summed E-state index contributed by atoms with van der Waals surface area (Å²) in [6.07, 6.45) is 0. The lowest BCUT2D eigenvalue weighted by Gasteiger charge is -2.43. The largest absolute Gasteiger partial charge is 0.465 e. The molecule has 5 aromatic rings. The van der Waals surface area contributed by atoms with E-state index < -0.39 is 0 Å². The zero-order valence-electron chi connectivity index (χ0n) is 22.8. The third-order valence-corrected chi connectivity index (χ3v) is 7.91. The number of carbonyl (C=O) groups excluding carboxylic acids is 1. The monoisotopic (exact) mass is 509 g/mol. The number of allylic oxidation sites excluding steroid dienone is 1. The van der Waals surface area contributed by atoms with Gasteiger partial charge in [-0.25, -0.2) is 4.79 Å². The van der Waals surface area contributed by atoms with Gasteiger partial charge in [0.05, 0.1) is 24.0 Å². The molecule has 3 heteroatoms. The standard InChI is InChI=1S/C36H31NO2/c1-23(2)28-13-9-10-14-29(28)25-16-19-32-31(22-25)36(3,4)34-30-18-15-26(35(38)39-5)21-24(30)17-20-33(34)37(32)27-11-7-6-8-12-27/h6-22H,1H2,2-5H3. The van der Waals surface area contributed by atoms with E-state index in [-0.39, 0.29) is 11.4 Å². The van der Waals surface area contributed by atoms with Crippen molar-refractivity contribution in [2.75, 3.05) is 12.0 Å². The van der Waals surface area contributed by atoms with Crippen LogP contribution in [-0.2, 0) is 10.2 Å². The molecule has 0 radical (unpaired) electrons. The number of carbonyl (C=O) groups is 1. The molecule has 0 saturated heterocycles. The van der Waals surface area contributed by atoms with Crippen molar-refractivity contribution >= 4 is 39.4 Å². The Morgan fingerprint density at radius 3 is 2.28 bits per heavy atom. The van der Waals surface area contributed by atoms with Gasteiger partial charge in [-0.3, -0.25) is 0 Å². The van der Waals surface area contributed by atoms with Crippen molar-refractivity contribution in [3.8, 4) is 11.1 Å². The highest BCUT2D eigenvalue weighted by atomic mass is 16.5. The van der Waals surface area contributed by atoms with Crippen molar-refractivity contribution in [2.24, 2.45) is 0 Å². The SMILES string of the molecule is C=C(C)c1ccccc1-c1ccc2c(c1)C(C)(C)c1c(ccc3cc(C(=O)OC)ccc13)N2c1ccccc1. The third-order valence-electron chi connectivity index (χ3n) is 7.91. The quantitative estimate of drug-likeness (QED) is 0.226. The molecule has 0 amide bonds. The number of hydrogen-bond acceptors (Lipinski definition) is 3. The van der Waals surface area contributed by atoms with Gasteiger partial charge in [-0.1, -0.05) is 86.7 Å². The Labute approximate surface area is 230 Å². The minimum absolute atomic E-state index is 0.309. The first-order valence-corrected chi connectivity index (χ1v) is 13.2. The Hall–Kier alpha value is -4.63. The Bertz CT molecular complexity index is 1760. The second-order valence-corrected chi connectivity index (χ2v) is 10.7. The maximum absolute atomic E-state index is 12.3. The highest BCUT2D eigenvalue weighted by molar-refractivity contribution is 6.02. The molecule has 0 bridgehead atoms. The van der Waals surface area contributed by atoms with Gasteiger partial charge in [-0.05, 0) is 88.0 Å². The summed E-state index contributed by atoms with van der Waals surface area (Å²) < 4.78 is 4.99. The van der Waals surface area contributed by atoms with Gasteiger partial charge in [0.2, 0.25) is 0 Å². The predicted molar refractivity (Wildman–Crippen MR) is 162 cm³/mol. The number of para-hydroxylation sites is 1. The molecule has 0 saturated carbocycles. The lowest BCUT2D eigenvalue weighted by atomic mass is 9.71. The molecule has 5 aromatic carbocycles. The average molecular weight is 510 g/mol. The van der Waals surface area contributed by atoms with E-state index in [4.69, 9.17) is 4.74 Å². The first-order chi connectivity index (χ1) is 18.8. The molecular formula is C36H31NO2. The molecule has 3 nitrogen and oxygen atoms in total. The fourth-order valence-corrected chi connectivity index (χ4v) is 6.03. The van der Waals surface area contributed by atoms with E-state index in [0.29, 0.717) is 5.56 Å². The summed E-state index contributed by atoms with van der Waals surface area (Å²) in [5, 5.41) is 2.15. The number of anilines is 3. The predicted octanol–water partition coefficient (Wildman–Crippen LogP) is 9.44. The van der Waals surface area contributed by atoms with Crippen molar-refractivity contribution < 1.29 is 9.53 Å². The number of benzene rings is 5. The first-order valence-electron chi connectivity index (χ1n) is 13.2. The Balaban J connectivity index is 1.64. The molecule has 39 heavy (non-hydrogen) atoms. The van der Waals surface area contributed by atoms with Crippen LogP contribution in [0, 0.1) is 0 Å². The molecule has 1 aliphatic heterocycles. The number of ether oxygens (including phenoxy) is 1. The highest BCUT2D eigenvalue weighted by Crippen LogP contribution is 2.54. The lowest BCUT2D eigenvalue weighted by molar-refractivity contribution is 0.0601. The van der Waals surface area contributed by atoms with E-state index in [1.54, 1.807) is 0 Å². The summed E-state index contributed by atoms with van der Waals surface area (Å²) in [7, 11) is 1.42. The number of hydrogen-bond donors (Lipinski definition) is 0. The molecule has 0 spiro atoms. The van der Waals surface area contributed by atoms with Gasteiger partial charge >= 0.3 is 5.97 Å². The molecule has 1 aliphatic rings. The molecule has 0 N–H and O–H groups in total. The molecule has 1 heterocycles. The van der Waals surface area contributed by atoms with E-state index in [1.165, 1.54) is 35.1 Å². The van der Waals surface area contributed by atoms with Crippen LogP contribution in [0.15, 0.2) is 110 Å². The van der Waals surface area contributed by atoms with Crippen LogP contribution in [-0.4, -0.2) is 13.1 Å². The second kappa shape index (κ2) is 9.28. The molecule has 6 rings (SSSR count). The first kappa shape index (κ1) is 24.7. The van der Waals surface area contributed by atoms with Gasteiger partial charge in [0.1, 0.15) is 0 Å². The summed E-state index contributed by atoms with van der Waals surface area (Å²) in [6.45, 7) is 10.9. The van der Waals surface area contributed by atoms with E-state index in [9.17, 15) is 4.79 Å². The summed E-state index contributed by atoms with van der Waals surface area (Å²) in [5.41, 5.74) is 10.7. The molecular weight excluding hydrogens is 478 g/mol. The van der Waals surface area contributed by atoms with Crippen LogP contribution < -0.4 is 4.90 Å². The molecule has 192 valence electrons. The summed E-state index contributed by atoms with van der Waals surface area (Å²) >= 11 is 0. The summed E-state index contributed by atoms with van der Waals surface area (Å²) in [6, 6.07) is 36.0. The topological polar surface area (TPSA) is 29.5 Å². The molecule has 0 unspecified atom stereocenters. The van der Waals surface area contributed by atoms with Crippen LogP contribution in [0.4, 0.5) is 17.1 Å². The minimum Gasteiger partial charge on any atom is -0.465 e. The third kappa shape index (κ3) is 3.93. The molecule has 0 aromatic heterocycles. The smallest absolute Gasteiger partial charge is 0.337 e. The van der Waals surface area contributed by atoms with Gasteiger partial charge in [0.15, 0.2) is 0 Å². The fraction of sp³-hybridized carbons (Fsp3) is 0.139. The Morgan fingerprint density at radius 2 is 1.54 bits per heavy atom. The Kier molecular flexibility index (Phi) is 5.88. The number of fused-ring (bicyclic) bond motifs is 4. The second-order valence-electron chi connectivity index (χ2n) is 10.7. The minimum atomic E-state index is -0.328. The van der Waals surface area contributed by atoms with E-state index in [1.807, 2.05) is 18.2 Å². The lowest BCUT2D eigenvalue weighted by Crippen LogP contribution is -2.31. The highest BCUT2D eigenvalue weighted by Gasteiger charge is 2.38. The zero-order valence-corrected chi connectivity index (χ0v) is 22.8. The van der Waals surface area contributed by atoms with E-state index >= 15 is 0 Å². The van der Waals surface area contributed by atoms with E-state index in [2.05, 4.69) is 117 Å². The number of methoxy groups -OCH3 is 1. The number of rotatable bonds is 4. The summed E-state index contributed by atoms with van der Waals surface area (Å²) in [5.74, 6) is -0.328.